The molecule has 1 N–H and O–H groups in total. The average molecular weight is 519 g/mol. The quantitative estimate of drug-likeness (QED) is 0.0980. The highest BCUT2D eigenvalue weighted by Gasteiger charge is 2.18. The summed E-state index contributed by atoms with van der Waals surface area (Å²) in [6, 6.07) is 0. The lowest BCUT2D eigenvalue weighted by Crippen LogP contribution is -2.44. The minimum absolute atomic E-state index is 0.184. The largest absolute Gasteiger partial charge is 0.379 e. The van der Waals surface area contributed by atoms with Gasteiger partial charge in [0.1, 0.15) is 12.6 Å². The number of allylic oxidation sites excluding steroid dienone is 1. The first kappa shape index (κ1) is 33.8. The lowest BCUT2D eigenvalue weighted by Gasteiger charge is -2.18. The van der Waals surface area contributed by atoms with E-state index in [2.05, 4.69) is 5.32 Å². The summed E-state index contributed by atoms with van der Waals surface area (Å²) in [6.45, 7) is 8.58. The summed E-state index contributed by atoms with van der Waals surface area (Å²) in [5, 5.41) is 2.60. The summed E-state index contributed by atoms with van der Waals surface area (Å²) < 4.78 is 32.3. The van der Waals surface area contributed by atoms with Crippen molar-refractivity contribution in [1.82, 2.24) is 10.2 Å². The highest BCUT2D eigenvalue weighted by atomic mass is 16.6. The molecule has 0 unspecified atom stereocenters. The van der Waals surface area contributed by atoms with E-state index in [9.17, 15) is 19.2 Å². The van der Waals surface area contributed by atoms with Crippen LogP contribution in [0.4, 0.5) is 0 Å². The summed E-state index contributed by atoms with van der Waals surface area (Å²) in [7, 11) is 1.63. The Bertz CT molecular complexity index is 628. The predicted molar refractivity (Wildman–Crippen MR) is 131 cm³/mol. The Morgan fingerprint density at radius 3 is 1.56 bits per heavy atom. The van der Waals surface area contributed by atoms with E-state index in [-0.39, 0.29) is 24.8 Å². The van der Waals surface area contributed by atoms with E-state index in [0.29, 0.717) is 91.8 Å². The first-order valence-electron chi connectivity index (χ1n) is 11.9. The number of carbonyl (C=O) groups is 4. The van der Waals surface area contributed by atoms with Gasteiger partial charge >= 0.3 is 0 Å². The van der Waals surface area contributed by atoms with Crippen LogP contribution < -0.4 is 5.32 Å². The molecule has 0 atom stereocenters. The molecule has 0 spiro atoms. The van der Waals surface area contributed by atoms with Gasteiger partial charge in [-0.15, -0.1) is 0 Å². The highest BCUT2D eigenvalue weighted by molar-refractivity contribution is 5.90. The van der Waals surface area contributed by atoms with E-state index in [1.54, 1.807) is 20.9 Å². The normalized spacial score (nSPS) is 11.5. The van der Waals surface area contributed by atoms with Crippen LogP contribution in [0.25, 0.3) is 0 Å². The number of amides is 2. The van der Waals surface area contributed by atoms with Gasteiger partial charge in [-0.3, -0.25) is 14.4 Å². The van der Waals surface area contributed by atoms with Gasteiger partial charge in [-0.2, -0.15) is 0 Å². The Morgan fingerprint density at radius 2 is 1.14 bits per heavy atom. The van der Waals surface area contributed by atoms with E-state index in [1.807, 2.05) is 0 Å². The molecule has 0 radical (unpaired) electrons. The molecule has 0 aromatic carbocycles. The number of hydrogen-bond donors (Lipinski definition) is 1. The van der Waals surface area contributed by atoms with Crippen LogP contribution in [0, 0.1) is 0 Å². The van der Waals surface area contributed by atoms with Crippen molar-refractivity contribution in [1.29, 1.82) is 0 Å². The van der Waals surface area contributed by atoms with E-state index in [4.69, 9.17) is 28.4 Å². The third kappa shape index (κ3) is 22.3. The molecule has 0 aromatic heterocycles. The maximum absolute atomic E-state index is 11.6. The Kier molecular flexibility index (Phi) is 21.8. The Balaban J connectivity index is 3.28. The standard InChI is InChI=1S/C24H42N2O10/c1-24(2,21-28)25-22(29)6-9-31-11-13-33-15-17-35-19-20-36-18-16-34-14-12-32-10-7-26(3)23(30)5-4-8-27/h4-5,8,21H,6-7,9-20H2,1-3H3,(H,25,29)/b5-4-. The maximum atomic E-state index is 11.6. The third-order valence-electron chi connectivity index (χ3n) is 4.35. The molecule has 0 fully saturated rings. The molecule has 0 saturated carbocycles. The van der Waals surface area contributed by atoms with Gasteiger partial charge in [-0.25, -0.2) is 0 Å². The number of hydrogen-bond acceptors (Lipinski definition) is 10. The molecule has 0 rings (SSSR count). The Hall–Kier alpha value is -2.22. The van der Waals surface area contributed by atoms with Crippen LogP contribution >= 0.6 is 0 Å². The fourth-order valence-electron chi connectivity index (χ4n) is 2.38. The van der Waals surface area contributed by atoms with Gasteiger partial charge in [0.15, 0.2) is 0 Å². The molecule has 36 heavy (non-hydrogen) atoms. The zero-order valence-corrected chi connectivity index (χ0v) is 21.7. The molecule has 0 aliphatic heterocycles. The number of carbonyl (C=O) groups excluding carboxylic acids is 4. The number of nitrogens with zero attached hydrogens (tertiary/aromatic N) is 1. The second-order valence-corrected chi connectivity index (χ2v) is 8.07. The van der Waals surface area contributed by atoms with E-state index >= 15 is 0 Å². The molecule has 208 valence electrons. The van der Waals surface area contributed by atoms with E-state index in [0.717, 1.165) is 6.08 Å². The lowest BCUT2D eigenvalue weighted by molar-refractivity contribution is -0.127. The van der Waals surface area contributed by atoms with Crippen LogP contribution in [0.5, 0.6) is 0 Å². The Labute approximate surface area is 213 Å². The minimum Gasteiger partial charge on any atom is -0.379 e. The first-order valence-corrected chi connectivity index (χ1v) is 11.9. The molecular formula is C24H42N2O10. The van der Waals surface area contributed by atoms with Crippen molar-refractivity contribution in [3.63, 3.8) is 0 Å². The molecule has 0 aliphatic rings. The van der Waals surface area contributed by atoms with Crippen LogP contribution in [-0.2, 0) is 47.6 Å². The molecular weight excluding hydrogens is 476 g/mol. The first-order chi connectivity index (χ1) is 17.3. The molecule has 0 aliphatic carbocycles. The number of ether oxygens (including phenoxy) is 6. The molecule has 12 heteroatoms. The number of aldehydes is 2. The summed E-state index contributed by atoms with van der Waals surface area (Å²) >= 11 is 0. The zero-order chi connectivity index (χ0) is 26.9. The average Bonchev–Trinajstić information content (AvgIpc) is 2.85. The van der Waals surface area contributed by atoms with Crippen molar-refractivity contribution < 1.29 is 47.6 Å². The van der Waals surface area contributed by atoms with Crippen molar-refractivity contribution in [2.24, 2.45) is 0 Å². The molecule has 0 saturated heterocycles. The van der Waals surface area contributed by atoms with Crippen molar-refractivity contribution in [2.45, 2.75) is 25.8 Å². The third-order valence-corrected chi connectivity index (χ3v) is 4.35. The number of nitrogens with one attached hydrogen (secondary N) is 1. The second kappa shape index (κ2) is 23.2. The topological polar surface area (TPSA) is 139 Å². The van der Waals surface area contributed by atoms with Gasteiger partial charge in [-0.1, -0.05) is 0 Å². The van der Waals surface area contributed by atoms with Gasteiger partial charge in [0.2, 0.25) is 11.8 Å². The highest BCUT2D eigenvalue weighted by Crippen LogP contribution is 1.97. The molecule has 2 amide bonds. The van der Waals surface area contributed by atoms with Gasteiger partial charge in [0, 0.05) is 26.1 Å². The van der Waals surface area contributed by atoms with Crippen molar-refractivity contribution >= 4 is 24.4 Å². The summed E-state index contributed by atoms with van der Waals surface area (Å²) in [4.78, 5) is 45.5. The van der Waals surface area contributed by atoms with Gasteiger partial charge in [-0.05, 0) is 19.9 Å². The summed E-state index contributed by atoms with van der Waals surface area (Å²) in [5.74, 6) is -0.487. The second-order valence-electron chi connectivity index (χ2n) is 8.07. The van der Waals surface area contributed by atoms with Crippen LogP contribution in [0.3, 0.4) is 0 Å². The van der Waals surface area contributed by atoms with E-state index in [1.165, 1.54) is 11.0 Å². The summed E-state index contributed by atoms with van der Waals surface area (Å²) in [5.41, 5.74) is -0.865. The molecule has 0 bridgehead atoms. The van der Waals surface area contributed by atoms with Crippen LogP contribution in [0.2, 0.25) is 0 Å². The zero-order valence-electron chi connectivity index (χ0n) is 21.7. The SMILES string of the molecule is CN(CCOCCOCCOCCOCCOCCOCCC(=O)NC(C)(C)C=O)C(=O)/C=C\C=O. The van der Waals surface area contributed by atoms with Crippen LogP contribution in [-0.4, -0.2) is 128 Å². The van der Waals surface area contributed by atoms with Crippen molar-refractivity contribution in [2.75, 3.05) is 92.9 Å². The van der Waals surface area contributed by atoms with Crippen LogP contribution in [0.15, 0.2) is 12.2 Å². The van der Waals surface area contributed by atoms with Crippen molar-refractivity contribution in [3.05, 3.63) is 12.2 Å². The smallest absolute Gasteiger partial charge is 0.246 e. The fourth-order valence-corrected chi connectivity index (χ4v) is 2.38. The van der Waals surface area contributed by atoms with Gasteiger partial charge < -0.3 is 43.4 Å². The monoisotopic (exact) mass is 518 g/mol. The lowest BCUT2D eigenvalue weighted by atomic mass is 10.1. The number of rotatable bonds is 25. The maximum Gasteiger partial charge on any atom is 0.246 e. The molecule has 12 nitrogen and oxygen atoms in total. The molecule has 0 aromatic rings. The summed E-state index contributed by atoms with van der Waals surface area (Å²) in [6.07, 6.45) is 3.80. The van der Waals surface area contributed by atoms with Crippen molar-refractivity contribution in [3.8, 4) is 0 Å². The predicted octanol–water partition coefficient (Wildman–Crippen LogP) is -0.217. The van der Waals surface area contributed by atoms with Crippen LogP contribution in [0.1, 0.15) is 20.3 Å². The minimum atomic E-state index is -0.865. The fraction of sp³-hybridized carbons (Fsp3) is 0.750. The molecule has 0 heterocycles. The number of likely N-dealkylation sites (N-methyl/N-ethyl adjacent to an activating group) is 1. The van der Waals surface area contributed by atoms with E-state index < -0.39 is 5.54 Å². The van der Waals surface area contributed by atoms with Gasteiger partial charge in [0.05, 0.1) is 84.8 Å². The van der Waals surface area contributed by atoms with Gasteiger partial charge in [0.25, 0.3) is 0 Å². The Morgan fingerprint density at radius 1 is 0.722 bits per heavy atom.